The first-order valence-electron chi connectivity index (χ1n) is 12.3. The molecule has 0 aliphatic rings. The van der Waals surface area contributed by atoms with E-state index >= 15 is 0 Å². The van der Waals surface area contributed by atoms with Gasteiger partial charge in [0.1, 0.15) is 12.3 Å². The van der Waals surface area contributed by atoms with E-state index in [9.17, 15) is 13.2 Å². The van der Waals surface area contributed by atoms with E-state index < -0.39 is 10.0 Å². The summed E-state index contributed by atoms with van der Waals surface area (Å²) in [6, 6.07) is 23.4. The Hall–Kier alpha value is -2.97. The molecule has 0 radical (unpaired) electrons. The van der Waals surface area contributed by atoms with Crippen LogP contribution in [0, 0.1) is 0 Å². The minimum absolute atomic E-state index is 0.130. The number of hydrogen-bond acceptors (Lipinski definition) is 5. The number of benzene rings is 3. The van der Waals surface area contributed by atoms with Crippen LogP contribution in [0.4, 0.5) is 5.69 Å². The molecular formula is C29H36N2O4S2. The Bertz CT molecular complexity index is 1260. The van der Waals surface area contributed by atoms with Crippen molar-refractivity contribution in [3.8, 4) is 5.75 Å². The fraction of sp³-hybridized carbons (Fsp3) is 0.345. The zero-order valence-electron chi connectivity index (χ0n) is 22.1. The largest absolute Gasteiger partial charge is 0.494 e. The molecule has 3 rings (SSSR count). The fourth-order valence-corrected chi connectivity index (χ4v) is 6.17. The second-order valence-corrected chi connectivity index (χ2v) is 12.3. The number of rotatable bonds is 12. The van der Waals surface area contributed by atoms with Crippen molar-refractivity contribution in [2.75, 3.05) is 23.7 Å². The molecule has 1 unspecified atom stereocenters. The maximum absolute atomic E-state index is 13.7. The number of amides is 1. The summed E-state index contributed by atoms with van der Waals surface area (Å²) in [5, 5.41) is 3.01. The van der Waals surface area contributed by atoms with Gasteiger partial charge in [-0.1, -0.05) is 44.2 Å². The zero-order chi connectivity index (χ0) is 27.1. The van der Waals surface area contributed by atoms with Crippen molar-refractivity contribution in [2.45, 2.75) is 55.4 Å². The van der Waals surface area contributed by atoms with Gasteiger partial charge in [-0.3, -0.25) is 9.10 Å². The maximum atomic E-state index is 13.7. The van der Waals surface area contributed by atoms with Crippen LogP contribution in [0.1, 0.15) is 39.7 Å². The molecule has 0 aromatic heterocycles. The van der Waals surface area contributed by atoms with Crippen molar-refractivity contribution in [2.24, 2.45) is 0 Å². The summed E-state index contributed by atoms with van der Waals surface area (Å²) in [5.74, 6) is 0.267. The highest BCUT2D eigenvalue weighted by Crippen LogP contribution is 2.29. The summed E-state index contributed by atoms with van der Waals surface area (Å²) in [4.78, 5) is 14.2. The number of hydrogen-bond donors (Lipinski definition) is 1. The Morgan fingerprint density at radius 1 is 1.00 bits per heavy atom. The summed E-state index contributed by atoms with van der Waals surface area (Å²) in [6.45, 7) is 8.27. The first-order valence-corrected chi connectivity index (χ1v) is 15.0. The lowest BCUT2D eigenvalue weighted by Crippen LogP contribution is -2.45. The maximum Gasteiger partial charge on any atom is 0.264 e. The van der Waals surface area contributed by atoms with E-state index in [1.54, 1.807) is 48.5 Å². The van der Waals surface area contributed by atoms with Crippen LogP contribution in [-0.4, -0.2) is 39.8 Å². The molecule has 1 amide bonds. The predicted molar refractivity (Wildman–Crippen MR) is 152 cm³/mol. The van der Waals surface area contributed by atoms with Gasteiger partial charge in [-0.25, -0.2) is 8.42 Å². The number of nitrogens with one attached hydrogen (secondary N) is 1. The SMILES string of the molecule is CCOc1ccc(N(CC(=O)NC(C)CC(C)(C)c2ccccc2)S(=O)(=O)c2ccc(SC)cc2)cc1. The zero-order valence-corrected chi connectivity index (χ0v) is 23.7. The number of ether oxygens (including phenoxy) is 1. The Kier molecular flexibility index (Phi) is 9.68. The molecule has 8 heteroatoms. The molecule has 6 nitrogen and oxygen atoms in total. The molecule has 3 aromatic carbocycles. The van der Waals surface area contributed by atoms with Crippen LogP contribution in [0.3, 0.4) is 0 Å². The molecule has 0 fully saturated rings. The standard InChI is InChI=1S/C29H36N2O4S2/c1-6-35-25-14-12-24(13-15-25)31(37(33,34)27-18-16-26(36-5)17-19-27)21-28(32)30-22(2)20-29(3,4)23-10-8-7-9-11-23/h7-19,22H,6,20-21H2,1-5H3,(H,30,32). The van der Waals surface area contributed by atoms with Crippen LogP contribution in [-0.2, 0) is 20.2 Å². The van der Waals surface area contributed by atoms with Gasteiger partial charge >= 0.3 is 0 Å². The van der Waals surface area contributed by atoms with Gasteiger partial charge in [0.25, 0.3) is 10.0 Å². The van der Waals surface area contributed by atoms with E-state index in [0.29, 0.717) is 24.5 Å². The van der Waals surface area contributed by atoms with Crippen molar-refractivity contribution in [1.82, 2.24) is 5.32 Å². The second-order valence-electron chi connectivity index (χ2n) is 9.54. The summed E-state index contributed by atoms with van der Waals surface area (Å²) in [7, 11) is -3.99. The van der Waals surface area contributed by atoms with Crippen LogP contribution in [0.5, 0.6) is 5.75 Å². The van der Waals surface area contributed by atoms with Crippen LogP contribution in [0.25, 0.3) is 0 Å². The first kappa shape index (κ1) is 28.6. The Morgan fingerprint density at radius 3 is 2.19 bits per heavy atom. The van der Waals surface area contributed by atoms with Gasteiger partial charge in [-0.15, -0.1) is 11.8 Å². The molecule has 0 aliphatic heterocycles. The fourth-order valence-electron chi connectivity index (χ4n) is 4.34. The lowest BCUT2D eigenvalue weighted by atomic mass is 9.79. The summed E-state index contributed by atoms with van der Waals surface area (Å²) >= 11 is 1.53. The van der Waals surface area contributed by atoms with Gasteiger partial charge in [0.05, 0.1) is 17.2 Å². The lowest BCUT2D eigenvalue weighted by Gasteiger charge is -2.30. The number of nitrogens with zero attached hydrogens (tertiary/aromatic N) is 1. The highest BCUT2D eigenvalue weighted by Gasteiger charge is 2.29. The van der Waals surface area contributed by atoms with Gasteiger partial charge in [-0.2, -0.15) is 0 Å². The third kappa shape index (κ3) is 7.52. The van der Waals surface area contributed by atoms with Crippen molar-refractivity contribution >= 4 is 33.4 Å². The van der Waals surface area contributed by atoms with E-state index in [2.05, 4.69) is 31.3 Å². The van der Waals surface area contributed by atoms with Gasteiger partial charge < -0.3 is 10.1 Å². The molecule has 0 heterocycles. The molecule has 37 heavy (non-hydrogen) atoms. The summed E-state index contributed by atoms with van der Waals surface area (Å²) < 4.78 is 34.0. The topological polar surface area (TPSA) is 75.7 Å². The average Bonchev–Trinajstić information content (AvgIpc) is 2.88. The molecule has 3 aromatic rings. The van der Waals surface area contributed by atoms with Gasteiger partial charge in [0.15, 0.2) is 0 Å². The van der Waals surface area contributed by atoms with Crippen LogP contribution >= 0.6 is 11.8 Å². The van der Waals surface area contributed by atoms with E-state index in [-0.39, 0.29) is 28.8 Å². The minimum Gasteiger partial charge on any atom is -0.494 e. The van der Waals surface area contributed by atoms with E-state index in [1.165, 1.54) is 17.3 Å². The number of sulfonamides is 1. The molecular weight excluding hydrogens is 504 g/mol. The molecule has 0 aliphatic carbocycles. The van der Waals surface area contributed by atoms with Gasteiger partial charge in [0, 0.05) is 10.9 Å². The lowest BCUT2D eigenvalue weighted by molar-refractivity contribution is -0.120. The molecule has 1 atom stereocenters. The van der Waals surface area contributed by atoms with Crippen LogP contribution in [0.15, 0.2) is 88.7 Å². The quantitative estimate of drug-likeness (QED) is 0.291. The van der Waals surface area contributed by atoms with Crippen LogP contribution < -0.4 is 14.4 Å². The Balaban J connectivity index is 1.82. The Labute approximate surface area is 225 Å². The van der Waals surface area contributed by atoms with Crippen molar-refractivity contribution in [1.29, 1.82) is 0 Å². The minimum atomic E-state index is -3.99. The molecule has 0 bridgehead atoms. The molecule has 0 saturated heterocycles. The third-order valence-corrected chi connectivity index (χ3v) is 8.68. The first-order chi connectivity index (χ1) is 17.6. The van der Waals surface area contributed by atoms with Gasteiger partial charge in [-0.05, 0) is 86.0 Å². The normalized spacial score (nSPS) is 12.6. The van der Waals surface area contributed by atoms with E-state index in [4.69, 9.17) is 4.74 Å². The Morgan fingerprint density at radius 2 is 1.62 bits per heavy atom. The number of carbonyl (C=O) groups is 1. The average molecular weight is 541 g/mol. The highest BCUT2D eigenvalue weighted by atomic mass is 32.2. The predicted octanol–water partition coefficient (Wildman–Crippen LogP) is 5.88. The molecule has 0 saturated carbocycles. The molecule has 198 valence electrons. The highest BCUT2D eigenvalue weighted by molar-refractivity contribution is 7.98. The summed E-state index contributed by atoms with van der Waals surface area (Å²) in [6.07, 6.45) is 2.63. The number of carbonyl (C=O) groups excluding carboxylic acids is 1. The van der Waals surface area contributed by atoms with Crippen LogP contribution in [0.2, 0.25) is 0 Å². The van der Waals surface area contributed by atoms with Crippen molar-refractivity contribution in [3.05, 3.63) is 84.4 Å². The molecule has 0 spiro atoms. The van der Waals surface area contributed by atoms with Crippen molar-refractivity contribution < 1.29 is 17.9 Å². The monoisotopic (exact) mass is 540 g/mol. The number of thioether (sulfide) groups is 1. The van der Waals surface area contributed by atoms with Gasteiger partial charge in [0.2, 0.25) is 5.91 Å². The number of anilines is 1. The van der Waals surface area contributed by atoms with E-state index in [0.717, 1.165) is 9.20 Å². The van der Waals surface area contributed by atoms with Crippen molar-refractivity contribution in [3.63, 3.8) is 0 Å². The van der Waals surface area contributed by atoms with E-state index in [1.807, 2.05) is 38.3 Å². The second kappa shape index (κ2) is 12.5. The smallest absolute Gasteiger partial charge is 0.264 e. The third-order valence-electron chi connectivity index (χ3n) is 6.15. The summed E-state index contributed by atoms with van der Waals surface area (Å²) in [5.41, 5.74) is 1.42. The molecule has 1 N–H and O–H groups in total.